The molecule has 1 saturated heterocycles. The van der Waals surface area contributed by atoms with Gasteiger partial charge in [0, 0.05) is 12.5 Å². The molecule has 1 heterocycles. The Labute approximate surface area is 151 Å². The van der Waals surface area contributed by atoms with Gasteiger partial charge in [-0.3, -0.25) is 4.79 Å². The Hall–Kier alpha value is -1.26. The van der Waals surface area contributed by atoms with Crippen LogP contribution in [0.15, 0.2) is 24.3 Å². The van der Waals surface area contributed by atoms with Crippen LogP contribution in [0.1, 0.15) is 44.1 Å². The van der Waals surface area contributed by atoms with Gasteiger partial charge in [0.1, 0.15) is 5.75 Å². The highest BCUT2D eigenvalue weighted by Gasteiger charge is 2.57. The van der Waals surface area contributed by atoms with Crippen LogP contribution in [-0.2, 0) is 4.79 Å². The van der Waals surface area contributed by atoms with E-state index in [9.17, 15) is 4.79 Å². The van der Waals surface area contributed by atoms with Crippen LogP contribution in [0, 0.1) is 11.3 Å². The van der Waals surface area contributed by atoms with Gasteiger partial charge in [0.05, 0.1) is 7.11 Å². The number of carbonyl (C=O) groups is 1. The summed E-state index contributed by atoms with van der Waals surface area (Å²) in [5, 5.41) is 6.54. The summed E-state index contributed by atoms with van der Waals surface area (Å²) in [6.45, 7) is 5.10. The van der Waals surface area contributed by atoms with Crippen LogP contribution in [0.25, 0.3) is 0 Å². The first-order chi connectivity index (χ1) is 11.1. The quantitative estimate of drug-likeness (QED) is 0.827. The zero-order chi connectivity index (χ0) is 16.3. The molecule has 0 radical (unpaired) electrons. The Morgan fingerprint density at radius 3 is 2.62 bits per heavy atom. The zero-order valence-corrected chi connectivity index (χ0v) is 15.5. The summed E-state index contributed by atoms with van der Waals surface area (Å²) in [4.78, 5) is 12.3. The van der Waals surface area contributed by atoms with Gasteiger partial charge in [0.25, 0.3) is 0 Å². The summed E-state index contributed by atoms with van der Waals surface area (Å²) >= 11 is 0. The molecule has 0 bridgehead atoms. The molecule has 2 atom stereocenters. The first kappa shape index (κ1) is 19.1. The molecule has 0 aromatic heterocycles. The normalized spacial score (nSPS) is 22.3. The van der Waals surface area contributed by atoms with Gasteiger partial charge in [-0.15, -0.1) is 12.4 Å². The lowest BCUT2D eigenvalue weighted by atomic mass is 9.91. The largest absolute Gasteiger partial charge is 0.497 e. The molecule has 2 unspecified atom stereocenters. The molecule has 2 aliphatic rings. The number of amides is 1. The van der Waals surface area contributed by atoms with E-state index in [-0.39, 0.29) is 24.2 Å². The van der Waals surface area contributed by atoms with Gasteiger partial charge in [-0.25, -0.2) is 0 Å². The van der Waals surface area contributed by atoms with E-state index in [1.807, 2.05) is 12.1 Å². The van der Waals surface area contributed by atoms with E-state index < -0.39 is 0 Å². The van der Waals surface area contributed by atoms with Crippen molar-refractivity contribution in [3.8, 4) is 5.75 Å². The standard InChI is InChI=1S/C19H28N2O2.ClH/c1-14(15-3-5-16(23-2)6-4-15)7-10-21-18(22)17-13-19(17)8-11-20-12-9-19;/h3-6,14,17,20H,7-13H2,1-2H3,(H,21,22);1H. The van der Waals surface area contributed by atoms with Crippen molar-refractivity contribution in [2.24, 2.45) is 11.3 Å². The van der Waals surface area contributed by atoms with E-state index in [0.717, 1.165) is 51.1 Å². The van der Waals surface area contributed by atoms with Crippen LogP contribution in [0.4, 0.5) is 0 Å². The van der Waals surface area contributed by atoms with Crippen LogP contribution in [0.3, 0.4) is 0 Å². The lowest BCUT2D eigenvalue weighted by Gasteiger charge is -2.23. The second-order valence-electron chi connectivity index (χ2n) is 7.12. The zero-order valence-electron chi connectivity index (χ0n) is 14.6. The molecular weight excluding hydrogens is 324 g/mol. The Balaban J connectivity index is 0.00000208. The first-order valence-corrected chi connectivity index (χ1v) is 8.77. The molecule has 1 aliphatic heterocycles. The minimum atomic E-state index is 0. The van der Waals surface area contributed by atoms with Gasteiger partial charge >= 0.3 is 0 Å². The number of methoxy groups -OCH3 is 1. The average molecular weight is 353 g/mol. The molecule has 1 aromatic carbocycles. The number of rotatable bonds is 6. The number of hydrogen-bond acceptors (Lipinski definition) is 3. The SMILES string of the molecule is COc1ccc(C(C)CCNC(=O)C2CC23CCNCC3)cc1.Cl. The molecule has 1 spiro atoms. The van der Waals surface area contributed by atoms with E-state index in [1.54, 1.807) is 7.11 Å². The Morgan fingerprint density at radius 2 is 2.00 bits per heavy atom. The molecule has 3 rings (SSSR count). The van der Waals surface area contributed by atoms with E-state index in [1.165, 1.54) is 5.56 Å². The molecule has 1 amide bonds. The van der Waals surface area contributed by atoms with Gasteiger partial charge < -0.3 is 15.4 Å². The molecule has 2 fully saturated rings. The number of benzene rings is 1. The molecule has 5 heteroatoms. The summed E-state index contributed by atoms with van der Waals surface area (Å²) in [7, 11) is 1.68. The lowest BCUT2D eigenvalue weighted by molar-refractivity contribution is -0.123. The molecule has 134 valence electrons. The Morgan fingerprint density at radius 1 is 1.33 bits per heavy atom. The first-order valence-electron chi connectivity index (χ1n) is 8.77. The number of hydrogen-bond donors (Lipinski definition) is 2. The number of carbonyl (C=O) groups excluding carboxylic acids is 1. The highest BCUT2D eigenvalue weighted by molar-refractivity contribution is 5.85. The van der Waals surface area contributed by atoms with Gasteiger partial charge in [0.15, 0.2) is 0 Å². The fourth-order valence-corrected chi connectivity index (χ4v) is 3.83. The van der Waals surface area contributed by atoms with Crippen molar-refractivity contribution in [3.05, 3.63) is 29.8 Å². The lowest BCUT2D eigenvalue weighted by Crippen LogP contribution is -2.34. The molecular formula is C19H29ClN2O2. The Kier molecular flexibility index (Phi) is 6.53. The van der Waals surface area contributed by atoms with Gasteiger partial charge in [-0.1, -0.05) is 19.1 Å². The van der Waals surface area contributed by atoms with Crippen molar-refractivity contribution in [1.29, 1.82) is 0 Å². The van der Waals surface area contributed by atoms with Gasteiger partial charge in [-0.2, -0.15) is 0 Å². The average Bonchev–Trinajstić information content (AvgIpc) is 3.28. The summed E-state index contributed by atoms with van der Waals surface area (Å²) in [6.07, 6.45) is 4.38. The van der Waals surface area contributed by atoms with Crippen molar-refractivity contribution < 1.29 is 9.53 Å². The molecule has 2 N–H and O–H groups in total. The van der Waals surface area contributed by atoms with Gasteiger partial charge in [0.2, 0.25) is 5.91 Å². The van der Waals surface area contributed by atoms with Crippen LogP contribution in [0.5, 0.6) is 5.75 Å². The maximum absolute atomic E-state index is 12.3. The fourth-order valence-electron chi connectivity index (χ4n) is 3.83. The smallest absolute Gasteiger partial charge is 0.223 e. The van der Waals surface area contributed by atoms with Crippen LogP contribution in [0.2, 0.25) is 0 Å². The van der Waals surface area contributed by atoms with E-state index in [0.29, 0.717) is 11.3 Å². The second kappa shape index (κ2) is 8.21. The highest BCUT2D eigenvalue weighted by atomic mass is 35.5. The topological polar surface area (TPSA) is 50.4 Å². The van der Waals surface area contributed by atoms with E-state index in [4.69, 9.17) is 4.74 Å². The fraction of sp³-hybridized carbons (Fsp3) is 0.632. The molecule has 1 aromatic rings. The number of piperidine rings is 1. The molecule has 4 nitrogen and oxygen atoms in total. The van der Waals surface area contributed by atoms with Crippen molar-refractivity contribution in [1.82, 2.24) is 10.6 Å². The summed E-state index contributed by atoms with van der Waals surface area (Å²) in [5.74, 6) is 1.86. The summed E-state index contributed by atoms with van der Waals surface area (Å²) in [5.41, 5.74) is 1.62. The summed E-state index contributed by atoms with van der Waals surface area (Å²) in [6, 6.07) is 8.21. The molecule has 1 aliphatic carbocycles. The third-order valence-electron chi connectivity index (χ3n) is 5.67. The monoisotopic (exact) mass is 352 g/mol. The predicted octanol–water partition coefficient (Wildman–Crippen LogP) is 3.12. The summed E-state index contributed by atoms with van der Waals surface area (Å²) < 4.78 is 5.19. The third-order valence-corrected chi connectivity index (χ3v) is 5.67. The van der Waals surface area contributed by atoms with Crippen LogP contribution < -0.4 is 15.4 Å². The molecule has 24 heavy (non-hydrogen) atoms. The van der Waals surface area contributed by atoms with E-state index in [2.05, 4.69) is 29.7 Å². The van der Waals surface area contributed by atoms with Crippen molar-refractivity contribution in [3.63, 3.8) is 0 Å². The number of nitrogens with one attached hydrogen (secondary N) is 2. The number of ether oxygens (including phenoxy) is 1. The van der Waals surface area contributed by atoms with Gasteiger partial charge in [-0.05, 0) is 67.8 Å². The van der Waals surface area contributed by atoms with Crippen molar-refractivity contribution in [2.75, 3.05) is 26.7 Å². The van der Waals surface area contributed by atoms with E-state index >= 15 is 0 Å². The van der Waals surface area contributed by atoms with Crippen LogP contribution >= 0.6 is 12.4 Å². The maximum Gasteiger partial charge on any atom is 0.223 e. The minimum Gasteiger partial charge on any atom is -0.497 e. The highest BCUT2D eigenvalue weighted by Crippen LogP contribution is 2.58. The van der Waals surface area contributed by atoms with Crippen LogP contribution in [-0.4, -0.2) is 32.7 Å². The minimum absolute atomic E-state index is 0. The Bertz CT molecular complexity index is 541. The predicted molar refractivity (Wildman–Crippen MR) is 98.9 cm³/mol. The van der Waals surface area contributed by atoms with Crippen molar-refractivity contribution >= 4 is 18.3 Å². The van der Waals surface area contributed by atoms with Crippen molar-refractivity contribution in [2.45, 2.75) is 38.5 Å². The molecule has 1 saturated carbocycles. The maximum atomic E-state index is 12.3. The number of halogens is 1. The third kappa shape index (κ3) is 4.22. The second-order valence-corrected chi connectivity index (χ2v) is 7.12.